The molecule has 2 N–H and O–H groups in total. The third-order valence-electron chi connectivity index (χ3n) is 5.63. The highest BCUT2D eigenvalue weighted by Gasteiger charge is 2.37. The standard InChI is InChI=1S/C25H22ClF3N10O3/c1-3-42-8-7-32-22(40)17-10-15(12-30)9-14(2)20(17)33-23(41)19-11-16(13-38-36-24(34-37-38)25(27,28)29)35-39(19)21-18(26)5-4-6-31-21/h4-6,9-11H,3,7-8,13H2,1-2H3,(H,32,40)(H,33,41). The number of benzene rings is 1. The molecule has 0 fully saturated rings. The molecule has 42 heavy (non-hydrogen) atoms. The van der Waals surface area contributed by atoms with Gasteiger partial charge in [0.05, 0.1) is 40.2 Å². The zero-order chi connectivity index (χ0) is 30.4. The molecule has 0 aliphatic heterocycles. The second-order valence-electron chi connectivity index (χ2n) is 8.62. The number of ether oxygens (including phenoxy) is 1. The van der Waals surface area contributed by atoms with E-state index in [1.807, 2.05) is 13.0 Å². The van der Waals surface area contributed by atoms with Gasteiger partial charge in [-0.3, -0.25) is 9.59 Å². The summed E-state index contributed by atoms with van der Waals surface area (Å²) < 4.78 is 45.1. The number of alkyl halides is 3. The monoisotopic (exact) mass is 602 g/mol. The number of halogens is 4. The van der Waals surface area contributed by atoms with Crippen molar-refractivity contribution in [1.82, 2.24) is 40.3 Å². The Morgan fingerprint density at radius 1 is 1.19 bits per heavy atom. The minimum atomic E-state index is -4.80. The molecular weight excluding hydrogens is 581 g/mol. The first-order valence-electron chi connectivity index (χ1n) is 12.3. The number of amides is 2. The maximum Gasteiger partial charge on any atom is 0.455 e. The number of nitrogens with one attached hydrogen (secondary N) is 2. The molecule has 4 rings (SSSR count). The Morgan fingerprint density at radius 3 is 2.64 bits per heavy atom. The Hall–Kier alpha value is -4.88. The number of carbonyl (C=O) groups excluding carboxylic acids is 2. The maximum atomic E-state index is 13.6. The smallest absolute Gasteiger partial charge is 0.380 e. The number of aryl methyl sites for hydroxylation is 1. The Bertz CT molecular complexity index is 1660. The molecule has 0 aliphatic carbocycles. The van der Waals surface area contributed by atoms with Gasteiger partial charge in [-0.1, -0.05) is 11.6 Å². The van der Waals surface area contributed by atoms with Crippen LogP contribution in [0.2, 0.25) is 5.02 Å². The van der Waals surface area contributed by atoms with Crippen molar-refractivity contribution in [2.24, 2.45) is 0 Å². The second-order valence-corrected chi connectivity index (χ2v) is 9.02. The van der Waals surface area contributed by atoms with E-state index >= 15 is 0 Å². The molecule has 0 unspecified atom stereocenters. The molecule has 0 saturated carbocycles. The molecule has 2 amide bonds. The van der Waals surface area contributed by atoms with Crippen LogP contribution < -0.4 is 10.6 Å². The fourth-order valence-corrected chi connectivity index (χ4v) is 3.98. The molecule has 1 aromatic carbocycles. The largest absolute Gasteiger partial charge is 0.455 e. The van der Waals surface area contributed by atoms with Crippen molar-refractivity contribution < 1.29 is 27.5 Å². The summed E-state index contributed by atoms with van der Waals surface area (Å²) in [6.07, 6.45) is -3.38. The van der Waals surface area contributed by atoms with Crippen LogP contribution in [0.1, 0.15) is 50.4 Å². The number of nitrogens with zero attached hydrogens (tertiary/aromatic N) is 8. The summed E-state index contributed by atoms with van der Waals surface area (Å²) in [6.45, 7) is 3.97. The minimum absolute atomic E-state index is 0.0325. The molecule has 13 nitrogen and oxygen atoms in total. The van der Waals surface area contributed by atoms with Gasteiger partial charge in [0, 0.05) is 19.3 Å². The summed E-state index contributed by atoms with van der Waals surface area (Å²) >= 11 is 6.30. The van der Waals surface area contributed by atoms with E-state index in [1.54, 1.807) is 13.0 Å². The molecule has 0 saturated heterocycles. The Morgan fingerprint density at radius 2 is 1.98 bits per heavy atom. The molecule has 17 heteroatoms. The molecule has 218 valence electrons. The van der Waals surface area contributed by atoms with Crippen molar-refractivity contribution in [2.75, 3.05) is 25.1 Å². The first kappa shape index (κ1) is 30.1. The molecule has 0 atom stereocenters. The quantitative estimate of drug-likeness (QED) is 0.259. The highest BCUT2D eigenvalue weighted by atomic mass is 35.5. The first-order valence-corrected chi connectivity index (χ1v) is 12.7. The number of tetrazole rings is 1. The van der Waals surface area contributed by atoms with E-state index < -0.39 is 23.8 Å². The van der Waals surface area contributed by atoms with Crippen LogP contribution >= 0.6 is 11.6 Å². The van der Waals surface area contributed by atoms with Crippen LogP contribution in [0.3, 0.4) is 0 Å². The van der Waals surface area contributed by atoms with Crippen molar-refractivity contribution in [1.29, 1.82) is 5.26 Å². The third kappa shape index (κ3) is 6.87. The van der Waals surface area contributed by atoms with Gasteiger partial charge in [-0.25, -0.2) is 9.67 Å². The second kappa shape index (κ2) is 12.7. The minimum Gasteiger partial charge on any atom is -0.380 e. The van der Waals surface area contributed by atoms with Gasteiger partial charge in [0.15, 0.2) is 5.82 Å². The van der Waals surface area contributed by atoms with Gasteiger partial charge >= 0.3 is 6.18 Å². The average molecular weight is 603 g/mol. The number of rotatable bonds is 10. The number of carbonyl (C=O) groups is 2. The number of pyridine rings is 1. The predicted octanol–water partition coefficient (Wildman–Crippen LogP) is 3.17. The summed E-state index contributed by atoms with van der Waals surface area (Å²) in [5, 5.41) is 28.9. The van der Waals surface area contributed by atoms with E-state index in [9.17, 15) is 28.0 Å². The number of anilines is 1. The van der Waals surface area contributed by atoms with Gasteiger partial charge in [-0.05, 0) is 55.0 Å². The van der Waals surface area contributed by atoms with Gasteiger partial charge in [-0.2, -0.15) is 28.3 Å². The lowest BCUT2D eigenvalue weighted by molar-refractivity contribution is -0.145. The van der Waals surface area contributed by atoms with Gasteiger partial charge < -0.3 is 15.4 Å². The SMILES string of the molecule is CCOCCNC(=O)c1cc(C#N)cc(C)c1NC(=O)c1cc(Cn2nnc(C(F)(F)F)n2)nn1-c1ncccc1Cl. The molecule has 4 aromatic rings. The highest BCUT2D eigenvalue weighted by molar-refractivity contribution is 6.32. The van der Waals surface area contributed by atoms with Crippen LogP contribution in [0.4, 0.5) is 18.9 Å². The van der Waals surface area contributed by atoms with Crippen LogP contribution in [0, 0.1) is 18.3 Å². The van der Waals surface area contributed by atoms with Crippen molar-refractivity contribution in [3.05, 3.63) is 75.5 Å². The lowest BCUT2D eigenvalue weighted by Gasteiger charge is -2.15. The lowest BCUT2D eigenvalue weighted by Crippen LogP contribution is -2.29. The van der Waals surface area contributed by atoms with Crippen molar-refractivity contribution in [3.63, 3.8) is 0 Å². The topological polar surface area (TPSA) is 166 Å². The zero-order valence-electron chi connectivity index (χ0n) is 22.1. The number of aromatic nitrogens is 7. The lowest BCUT2D eigenvalue weighted by atomic mass is 10.0. The van der Waals surface area contributed by atoms with E-state index in [-0.39, 0.29) is 58.7 Å². The summed E-state index contributed by atoms with van der Waals surface area (Å²) in [5.74, 6) is -2.68. The van der Waals surface area contributed by atoms with Gasteiger partial charge in [-0.15, -0.1) is 10.2 Å². The molecule has 0 aliphatic rings. The van der Waals surface area contributed by atoms with Gasteiger partial charge in [0.2, 0.25) is 0 Å². The summed E-state index contributed by atoms with van der Waals surface area (Å²) in [6, 6.07) is 9.18. The van der Waals surface area contributed by atoms with Crippen molar-refractivity contribution in [2.45, 2.75) is 26.6 Å². The van der Waals surface area contributed by atoms with Crippen molar-refractivity contribution >= 4 is 29.1 Å². The Labute approximate surface area is 241 Å². The average Bonchev–Trinajstić information content (AvgIpc) is 3.60. The molecule has 0 spiro atoms. The summed E-state index contributed by atoms with van der Waals surface area (Å²) in [5.41, 5.74) is 0.747. The molecule has 3 heterocycles. The third-order valence-corrected chi connectivity index (χ3v) is 5.92. The number of hydrogen-bond donors (Lipinski definition) is 2. The van der Waals surface area contributed by atoms with Gasteiger partial charge in [0.25, 0.3) is 17.6 Å². The van der Waals surface area contributed by atoms with Crippen LogP contribution in [-0.4, -0.2) is 66.5 Å². The van der Waals surface area contributed by atoms with E-state index in [0.29, 0.717) is 17.0 Å². The zero-order valence-corrected chi connectivity index (χ0v) is 22.9. The molecular formula is C25H22ClF3N10O3. The highest BCUT2D eigenvalue weighted by Crippen LogP contribution is 2.27. The van der Waals surface area contributed by atoms with Crippen LogP contribution in [0.15, 0.2) is 36.5 Å². The number of hydrogen-bond acceptors (Lipinski definition) is 9. The molecule has 0 bridgehead atoms. The van der Waals surface area contributed by atoms with E-state index in [4.69, 9.17) is 16.3 Å². The van der Waals surface area contributed by atoms with Crippen LogP contribution in [-0.2, 0) is 17.5 Å². The van der Waals surface area contributed by atoms with E-state index in [1.165, 1.54) is 30.5 Å². The van der Waals surface area contributed by atoms with E-state index in [2.05, 4.69) is 36.1 Å². The molecule has 3 aromatic heterocycles. The maximum absolute atomic E-state index is 13.6. The fraction of sp³-hybridized carbons (Fsp3) is 0.280. The van der Waals surface area contributed by atoms with Crippen LogP contribution in [0.25, 0.3) is 5.82 Å². The molecule has 0 radical (unpaired) electrons. The van der Waals surface area contributed by atoms with Gasteiger partial charge in [0.1, 0.15) is 12.2 Å². The van der Waals surface area contributed by atoms with Crippen LogP contribution in [0.5, 0.6) is 0 Å². The first-order chi connectivity index (χ1) is 20.0. The van der Waals surface area contributed by atoms with Crippen molar-refractivity contribution in [3.8, 4) is 11.9 Å². The predicted molar refractivity (Wildman–Crippen MR) is 141 cm³/mol. The Balaban J connectivity index is 1.70. The Kier molecular flexibility index (Phi) is 9.13. The normalized spacial score (nSPS) is 11.3. The summed E-state index contributed by atoms with van der Waals surface area (Å²) in [4.78, 5) is 31.5. The number of nitriles is 1. The fourth-order valence-electron chi connectivity index (χ4n) is 3.78. The van der Waals surface area contributed by atoms with E-state index in [0.717, 1.165) is 4.68 Å². The summed E-state index contributed by atoms with van der Waals surface area (Å²) in [7, 11) is 0.